The van der Waals surface area contributed by atoms with E-state index in [-0.39, 0.29) is 11.8 Å². The van der Waals surface area contributed by atoms with Gasteiger partial charge in [0.05, 0.1) is 5.56 Å². The van der Waals surface area contributed by atoms with Gasteiger partial charge in [-0.15, -0.1) is 0 Å². The van der Waals surface area contributed by atoms with E-state index in [1.54, 1.807) is 11.0 Å². The summed E-state index contributed by atoms with van der Waals surface area (Å²) in [7, 11) is 0. The van der Waals surface area contributed by atoms with Gasteiger partial charge in [-0.05, 0) is 38.7 Å². The summed E-state index contributed by atoms with van der Waals surface area (Å²) in [5, 5.41) is 0. The Labute approximate surface area is 152 Å². The molecule has 0 N–H and O–H groups in total. The minimum atomic E-state index is -0.0478. The lowest BCUT2D eigenvalue weighted by molar-refractivity contribution is -0.131. The van der Waals surface area contributed by atoms with Gasteiger partial charge in [-0.3, -0.25) is 9.59 Å². The van der Waals surface area contributed by atoms with E-state index in [4.69, 9.17) is 4.42 Å². The molecule has 0 spiro atoms. The molecule has 0 atom stereocenters. The number of amides is 2. The van der Waals surface area contributed by atoms with E-state index in [9.17, 15) is 9.59 Å². The van der Waals surface area contributed by atoms with E-state index >= 15 is 0 Å². The van der Waals surface area contributed by atoms with Crippen LogP contribution >= 0.6 is 0 Å². The maximum atomic E-state index is 12.9. The van der Waals surface area contributed by atoms with Gasteiger partial charge in [-0.2, -0.15) is 0 Å². The summed E-state index contributed by atoms with van der Waals surface area (Å²) in [6.45, 7) is 14.6. The molecule has 5 nitrogen and oxygen atoms in total. The van der Waals surface area contributed by atoms with Gasteiger partial charge in [0.25, 0.3) is 5.91 Å². The number of hydrogen-bond donors (Lipinski definition) is 0. The summed E-state index contributed by atoms with van der Waals surface area (Å²) in [5.41, 5.74) is 0.601. The van der Waals surface area contributed by atoms with Gasteiger partial charge in [0.2, 0.25) is 5.91 Å². The Morgan fingerprint density at radius 2 is 1.64 bits per heavy atom. The fourth-order valence-corrected chi connectivity index (χ4v) is 3.02. The van der Waals surface area contributed by atoms with Crippen molar-refractivity contribution >= 4 is 11.8 Å². The molecule has 0 aliphatic heterocycles. The van der Waals surface area contributed by atoms with E-state index < -0.39 is 0 Å². The maximum Gasteiger partial charge on any atom is 0.257 e. The molecule has 1 aromatic heterocycles. The zero-order valence-corrected chi connectivity index (χ0v) is 16.7. The lowest BCUT2D eigenvalue weighted by Crippen LogP contribution is -2.39. The van der Waals surface area contributed by atoms with Crippen molar-refractivity contribution < 1.29 is 14.0 Å². The van der Waals surface area contributed by atoms with Gasteiger partial charge in [0.15, 0.2) is 0 Å². The second kappa shape index (κ2) is 10.3. The molecule has 0 saturated carbocycles. The predicted molar refractivity (Wildman–Crippen MR) is 101 cm³/mol. The van der Waals surface area contributed by atoms with Crippen LogP contribution in [0, 0.1) is 19.8 Å². The molecule has 0 fully saturated rings. The van der Waals surface area contributed by atoms with Crippen molar-refractivity contribution in [2.45, 2.75) is 60.8 Å². The molecule has 142 valence electrons. The van der Waals surface area contributed by atoms with E-state index in [2.05, 4.69) is 27.7 Å². The van der Waals surface area contributed by atoms with Crippen LogP contribution in [0.25, 0.3) is 0 Å². The fourth-order valence-electron chi connectivity index (χ4n) is 3.02. The summed E-state index contributed by atoms with van der Waals surface area (Å²) in [4.78, 5) is 29.1. The summed E-state index contributed by atoms with van der Waals surface area (Å²) >= 11 is 0. The summed E-state index contributed by atoms with van der Waals surface area (Å²) in [6, 6.07) is 1.79. The van der Waals surface area contributed by atoms with Gasteiger partial charge in [-0.1, -0.05) is 27.7 Å². The third-order valence-electron chi connectivity index (χ3n) is 4.08. The maximum absolute atomic E-state index is 12.9. The predicted octanol–water partition coefficient (Wildman–Crippen LogP) is 4.03. The molecule has 25 heavy (non-hydrogen) atoms. The Kier molecular flexibility index (Phi) is 8.73. The number of carbonyl (C=O) groups excluding carboxylic acids is 2. The molecular formula is C20H34N2O3. The molecule has 1 rings (SSSR count). The van der Waals surface area contributed by atoms with Gasteiger partial charge < -0.3 is 14.2 Å². The van der Waals surface area contributed by atoms with Gasteiger partial charge in [0, 0.05) is 32.6 Å². The zero-order valence-electron chi connectivity index (χ0n) is 16.7. The van der Waals surface area contributed by atoms with Crippen LogP contribution in [-0.4, -0.2) is 47.8 Å². The van der Waals surface area contributed by atoms with Gasteiger partial charge in [-0.25, -0.2) is 0 Å². The number of aryl methyl sites for hydroxylation is 2. The molecule has 5 heteroatoms. The van der Waals surface area contributed by atoms with Crippen molar-refractivity contribution in [3.63, 3.8) is 0 Å². The van der Waals surface area contributed by atoms with Crippen molar-refractivity contribution in [3.8, 4) is 0 Å². The number of furan rings is 1. The number of rotatable bonds is 10. The standard InChI is InChI=1S/C20H34N2O3/c1-7-10-21(11-8-2)19(23)9-12-22(14-15(3)4)20(24)18-13-16(5)25-17(18)6/h13,15H,7-12,14H2,1-6H3. The molecule has 0 aromatic carbocycles. The quantitative estimate of drug-likeness (QED) is 0.640. The molecule has 0 aliphatic carbocycles. The second-order valence-electron chi connectivity index (χ2n) is 7.10. The number of carbonyl (C=O) groups is 2. The third kappa shape index (κ3) is 6.56. The average molecular weight is 351 g/mol. The number of hydrogen-bond acceptors (Lipinski definition) is 3. The minimum absolute atomic E-state index is 0.0478. The second-order valence-corrected chi connectivity index (χ2v) is 7.10. The van der Waals surface area contributed by atoms with Crippen LogP contribution < -0.4 is 0 Å². The van der Waals surface area contributed by atoms with Crippen LogP contribution in [0.1, 0.15) is 68.8 Å². The Morgan fingerprint density at radius 3 is 2.08 bits per heavy atom. The highest BCUT2D eigenvalue weighted by molar-refractivity contribution is 5.95. The first-order chi connectivity index (χ1) is 11.8. The summed E-state index contributed by atoms with van der Waals surface area (Å²) in [5.74, 6) is 1.80. The highest BCUT2D eigenvalue weighted by atomic mass is 16.3. The summed E-state index contributed by atoms with van der Waals surface area (Å²) in [6.07, 6.45) is 2.27. The third-order valence-corrected chi connectivity index (χ3v) is 4.08. The van der Waals surface area contributed by atoms with Gasteiger partial charge in [0.1, 0.15) is 11.5 Å². The van der Waals surface area contributed by atoms with Crippen LogP contribution in [0.4, 0.5) is 0 Å². The Balaban J connectivity index is 2.80. The SMILES string of the molecule is CCCN(CCC)C(=O)CCN(CC(C)C)C(=O)c1cc(C)oc1C. The highest BCUT2D eigenvalue weighted by Crippen LogP contribution is 2.17. The molecule has 0 bridgehead atoms. The monoisotopic (exact) mass is 350 g/mol. The van der Waals surface area contributed by atoms with Crippen LogP contribution in [0.2, 0.25) is 0 Å². The molecule has 1 aromatic rings. The first-order valence-electron chi connectivity index (χ1n) is 9.44. The van der Waals surface area contributed by atoms with Crippen molar-refractivity contribution in [1.82, 2.24) is 9.80 Å². The molecule has 0 saturated heterocycles. The topological polar surface area (TPSA) is 53.8 Å². The lowest BCUT2D eigenvalue weighted by atomic mass is 10.1. The van der Waals surface area contributed by atoms with E-state index in [1.165, 1.54) is 0 Å². The Morgan fingerprint density at radius 1 is 1.04 bits per heavy atom. The van der Waals surface area contributed by atoms with Gasteiger partial charge >= 0.3 is 0 Å². The van der Waals surface area contributed by atoms with Crippen LogP contribution in [0.3, 0.4) is 0 Å². The Hall–Kier alpha value is -1.78. The van der Waals surface area contributed by atoms with Crippen molar-refractivity contribution in [2.75, 3.05) is 26.2 Å². The Bertz CT molecular complexity index is 557. The zero-order chi connectivity index (χ0) is 19.0. The van der Waals surface area contributed by atoms with Crippen LogP contribution in [0.15, 0.2) is 10.5 Å². The largest absolute Gasteiger partial charge is 0.466 e. The molecule has 0 unspecified atom stereocenters. The van der Waals surface area contributed by atoms with E-state index in [0.717, 1.165) is 31.7 Å². The lowest BCUT2D eigenvalue weighted by Gasteiger charge is -2.26. The van der Waals surface area contributed by atoms with Crippen LogP contribution in [0.5, 0.6) is 0 Å². The first kappa shape index (κ1) is 21.3. The molecule has 0 aliphatic rings. The molecule has 1 heterocycles. The normalized spacial score (nSPS) is 11.0. The molecule has 0 radical (unpaired) electrons. The van der Waals surface area contributed by atoms with E-state index in [1.807, 2.05) is 18.7 Å². The summed E-state index contributed by atoms with van der Waals surface area (Å²) < 4.78 is 5.50. The van der Waals surface area contributed by atoms with Crippen molar-refractivity contribution in [3.05, 3.63) is 23.2 Å². The van der Waals surface area contributed by atoms with Crippen molar-refractivity contribution in [2.24, 2.45) is 5.92 Å². The first-order valence-corrected chi connectivity index (χ1v) is 9.44. The number of nitrogens with zero attached hydrogens (tertiary/aromatic N) is 2. The van der Waals surface area contributed by atoms with Crippen LogP contribution in [-0.2, 0) is 4.79 Å². The smallest absolute Gasteiger partial charge is 0.257 e. The fraction of sp³-hybridized carbons (Fsp3) is 0.700. The molecule has 2 amide bonds. The average Bonchev–Trinajstić information content (AvgIpc) is 2.88. The minimum Gasteiger partial charge on any atom is -0.466 e. The highest BCUT2D eigenvalue weighted by Gasteiger charge is 2.23. The van der Waals surface area contributed by atoms with E-state index in [0.29, 0.717) is 36.8 Å². The molecular weight excluding hydrogens is 316 g/mol. The van der Waals surface area contributed by atoms with Crippen molar-refractivity contribution in [1.29, 1.82) is 0 Å².